The second-order valence-electron chi connectivity index (χ2n) is 2.23. The third-order valence-corrected chi connectivity index (χ3v) is 1.17. The summed E-state index contributed by atoms with van der Waals surface area (Å²) in [6.45, 7) is 2.61. The van der Waals surface area contributed by atoms with Crippen molar-refractivity contribution < 1.29 is 15.0 Å². The summed E-state index contributed by atoms with van der Waals surface area (Å²) >= 11 is 4.24. The molecule has 2 atom stereocenters. The summed E-state index contributed by atoms with van der Waals surface area (Å²) in [6, 6.07) is -0.544. The smallest absolute Gasteiger partial charge is 0.217 e. The first-order valence-electron chi connectivity index (χ1n) is 3.28. The zero-order chi connectivity index (χ0) is 10.1. The summed E-state index contributed by atoms with van der Waals surface area (Å²) in [4.78, 5) is 10.4. The molecule has 0 aliphatic carbocycles. The van der Waals surface area contributed by atoms with E-state index >= 15 is 0 Å². The highest BCUT2D eigenvalue weighted by molar-refractivity contribution is 15.0. The summed E-state index contributed by atoms with van der Waals surface area (Å²) in [6.07, 6.45) is -0.714. The maximum Gasteiger partial charge on any atom is 0.217 e. The van der Waals surface area contributed by atoms with E-state index in [0.717, 1.165) is 0 Å². The third kappa shape index (κ3) is 8.94. The predicted molar refractivity (Wildman–Crippen MR) is 64.4 cm³/mol. The first-order chi connectivity index (χ1) is 5.57. The highest BCUT2D eigenvalue weighted by Crippen LogP contribution is 1.89. The maximum absolute atomic E-state index is 10.4. The predicted octanol–water partition coefficient (Wildman–Crippen LogP) is 0.636. The number of hydrogen-bond acceptors (Lipinski definition) is 3. The van der Waals surface area contributed by atoms with Gasteiger partial charge in [0, 0.05) is 44.2 Å². The molecule has 0 fully saturated rings. The van der Waals surface area contributed by atoms with Crippen molar-refractivity contribution in [1.82, 2.24) is 5.32 Å². The Hall–Kier alpha value is 0.850. The molecular weight excluding hydrogens is 388 g/mol. The van der Waals surface area contributed by atoms with Gasteiger partial charge in [-0.25, -0.2) is 0 Å². The molecule has 6 heteroatoms. The van der Waals surface area contributed by atoms with Crippen molar-refractivity contribution >= 4 is 43.1 Å². The molecule has 0 aromatic carbocycles. The molecule has 0 bridgehead atoms. The molecule has 0 unspecified atom stereocenters. The average molecular weight is 401 g/mol. The summed E-state index contributed by atoms with van der Waals surface area (Å²) in [5.74, 6) is -0.250. The average Bonchev–Trinajstić information content (AvgIpc) is 2.03. The van der Waals surface area contributed by atoms with E-state index < -0.39 is 12.1 Å². The van der Waals surface area contributed by atoms with Crippen LogP contribution in [-0.4, -0.2) is 34.9 Å². The minimum absolute atomic E-state index is 0.239. The van der Waals surface area contributed by atoms with Crippen molar-refractivity contribution in [2.24, 2.45) is 0 Å². The lowest BCUT2D eigenvalue weighted by Crippen LogP contribution is -2.43. The maximum atomic E-state index is 10.4. The van der Waals surface area contributed by atoms with E-state index in [1.54, 1.807) is 0 Å². The van der Waals surface area contributed by atoms with E-state index in [-0.39, 0.29) is 12.5 Å². The fraction of sp³-hybridized carbons (Fsp3) is 0.833. The van der Waals surface area contributed by atoms with Crippen LogP contribution >= 0.6 is 37.2 Å². The molecule has 1 amide bonds. The quantitative estimate of drug-likeness (QED) is 0.609. The Morgan fingerprint density at radius 1 is 1.58 bits per heavy atom. The van der Waals surface area contributed by atoms with Crippen LogP contribution in [0.15, 0.2) is 0 Å². The molecule has 0 aliphatic heterocycles. The van der Waals surface area contributed by atoms with Crippen LogP contribution in [-0.2, 0) is 4.79 Å². The van der Waals surface area contributed by atoms with Gasteiger partial charge >= 0.3 is 0 Å². The monoisotopic (exact) mass is 401 g/mol. The minimum Gasteiger partial charge on any atom is -0.394 e. The van der Waals surface area contributed by atoms with Crippen molar-refractivity contribution in [1.29, 1.82) is 0 Å². The van der Waals surface area contributed by atoms with Crippen LogP contribution in [0.1, 0.15) is 13.8 Å². The molecule has 0 radical (unpaired) electrons. The van der Waals surface area contributed by atoms with Crippen molar-refractivity contribution in [2.75, 3.05) is 6.61 Å². The van der Waals surface area contributed by atoms with E-state index in [2.05, 4.69) is 42.5 Å². The first kappa shape index (κ1) is 15.3. The molecular formula is C6H13I2NO3. The fourth-order valence-corrected chi connectivity index (χ4v) is 0.580. The number of carbonyl (C=O) groups is 1. The van der Waals surface area contributed by atoms with Gasteiger partial charge in [-0.1, -0.05) is 0 Å². The topological polar surface area (TPSA) is 69.6 Å². The molecule has 12 heavy (non-hydrogen) atoms. The Kier molecular flexibility index (Phi) is 12.7. The zero-order valence-electron chi connectivity index (χ0n) is 6.92. The Labute approximate surface area is 95.4 Å². The molecule has 0 aliphatic rings. The molecule has 0 spiro atoms. The second kappa shape index (κ2) is 9.93. The van der Waals surface area contributed by atoms with E-state index in [4.69, 9.17) is 10.2 Å². The Morgan fingerprint density at radius 3 is 2.08 bits per heavy atom. The van der Waals surface area contributed by atoms with Gasteiger partial charge in [-0.2, -0.15) is 0 Å². The first-order valence-corrected chi connectivity index (χ1v) is 9.56. The minimum atomic E-state index is -0.714. The highest BCUT2D eigenvalue weighted by atomic mass is 128. The second-order valence-corrected chi connectivity index (χ2v) is 2.23. The molecule has 0 aromatic rings. The fourth-order valence-electron chi connectivity index (χ4n) is 0.580. The molecule has 3 N–H and O–H groups in total. The van der Waals surface area contributed by atoms with Gasteiger partial charge < -0.3 is 15.5 Å². The number of hydrogen-bond donors (Lipinski definition) is 3. The van der Waals surface area contributed by atoms with Gasteiger partial charge in [0.15, 0.2) is 0 Å². The lowest BCUT2D eigenvalue weighted by molar-refractivity contribution is -0.120. The lowest BCUT2D eigenvalue weighted by atomic mass is 10.2. The number of carbonyl (C=O) groups excluding carboxylic acids is 1. The van der Waals surface area contributed by atoms with Gasteiger partial charge in [-0.15, -0.1) is 0 Å². The summed E-state index contributed by atoms with van der Waals surface area (Å²) in [5.41, 5.74) is 0. The molecule has 0 saturated carbocycles. The van der Waals surface area contributed by atoms with Crippen LogP contribution in [0, 0.1) is 0 Å². The SMILES string of the molecule is CC(=O)N[C@H](CO)[C@H](C)O.II. The van der Waals surface area contributed by atoms with Gasteiger partial charge in [0.25, 0.3) is 0 Å². The molecule has 4 nitrogen and oxygen atoms in total. The number of aliphatic hydroxyl groups is 2. The van der Waals surface area contributed by atoms with Gasteiger partial charge in [0.1, 0.15) is 0 Å². The Morgan fingerprint density at radius 2 is 2.00 bits per heavy atom. The Bertz CT molecular complexity index is 121. The number of nitrogens with one attached hydrogen (secondary N) is 1. The standard InChI is InChI=1S/C6H13NO3.I2/c1-4(9)6(3-8)7-5(2)10;1-2/h4,6,8-9H,3H2,1-2H3,(H,7,10);/t4-,6+;/m0./s1. The number of amides is 1. The summed E-state index contributed by atoms with van der Waals surface area (Å²) < 4.78 is 0. The largest absolute Gasteiger partial charge is 0.394 e. The lowest BCUT2D eigenvalue weighted by Gasteiger charge is -2.17. The number of rotatable bonds is 3. The van der Waals surface area contributed by atoms with Crippen molar-refractivity contribution in [3.8, 4) is 0 Å². The molecule has 74 valence electrons. The third-order valence-electron chi connectivity index (χ3n) is 1.17. The zero-order valence-corrected chi connectivity index (χ0v) is 11.2. The van der Waals surface area contributed by atoms with Crippen LogP contribution in [0.5, 0.6) is 0 Å². The van der Waals surface area contributed by atoms with Crippen LogP contribution in [0.2, 0.25) is 0 Å². The van der Waals surface area contributed by atoms with Gasteiger partial charge in [-0.3, -0.25) is 4.79 Å². The summed E-state index contributed by atoms with van der Waals surface area (Å²) in [5, 5.41) is 19.8. The van der Waals surface area contributed by atoms with E-state index in [1.165, 1.54) is 13.8 Å². The normalized spacial score (nSPS) is 13.8. The van der Waals surface area contributed by atoms with Crippen molar-refractivity contribution in [3.63, 3.8) is 0 Å². The summed E-state index contributed by atoms with van der Waals surface area (Å²) in [7, 11) is 0. The number of aliphatic hydroxyl groups excluding tert-OH is 2. The molecule has 0 rings (SSSR count). The molecule has 0 saturated heterocycles. The van der Waals surface area contributed by atoms with Gasteiger partial charge in [0.2, 0.25) is 5.91 Å². The highest BCUT2D eigenvalue weighted by Gasteiger charge is 2.13. The van der Waals surface area contributed by atoms with E-state index in [1.807, 2.05) is 0 Å². The Balaban J connectivity index is 0. The van der Waals surface area contributed by atoms with E-state index in [0.29, 0.717) is 0 Å². The van der Waals surface area contributed by atoms with Gasteiger partial charge in [0.05, 0.1) is 18.8 Å². The van der Waals surface area contributed by atoms with Gasteiger partial charge in [-0.05, 0) is 6.92 Å². The van der Waals surface area contributed by atoms with Crippen LogP contribution < -0.4 is 5.32 Å². The van der Waals surface area contributed by atoms with Crippen LogP contribution in [0.4, 0.5) is 0 Å². The molecule has 0 heterocycles. The molecule has 0 aromatic heterocycles. The van der Waals surface area contributed by atoms with Crippen molar-refractivity contribution in [3.05, 3.63) is 0 Å². The van der Waals surface area contributed by atoms with E-state index in [9.17, 15) is 4.79 Å². The van der Waals surface area contributed by atoms with Crippen LogP contribution in [0.3, 0.4) is 0 Å². The van der Waals surface area contributed by atoms with Crippen LogP contribution in [0.25, 0.3) is 0 Å². The van der Waals surface area contributed by atoms with Crippen molar-refractivity contribution in [2.45, 2.75) is 26.0 Å². The number of halogens is 2.